The fourth-order valence-corrected chi connectivity index (χ4v) is 2.13. The van der Waals surface area contributed by atoms with E-state index in [-0.39, 0.29) is 0 Å². The van der Waals surface area contributed by atoms with Gasteiger partial charge in [0, 0.05) is 0 Å². The predicted molar refractivity (Wildman–Crippen MR) is 79.7 cm³/mol. The summed E-state index contributed by atoms with van der Waals surface area (Å²) >= 11 is 0. The number of hydrogen-bond acceptors (Lipinski definition) is 6. The van der Waals surface area contributed by atoms with Gasteiger partial charge in [-0.25, -0.2) is 4.98 Å². The first kappa shape index (κ1) is 14.2. The second-order valence-corrected chi connectivity index (χ2v) is 4.61. The molecule has 1 aromatic carbocycles. The van der Waals surface area contributed by atoms with Crippen LogP contribution >= 0.6 is 0 Å². The lowest BCUT2D eigenvalue weighted by Crippen LogP contribution is -2.14. The molecule has 7 heteroatoms. The summed E-state index contributed by atoms with van der Waals surface area (Å²) in [6.07, 6.45) is 1.57. The van der Waals surface area contributed by atoms with E-state index in [1.165, 1.54) is 0 Å². The molecule has 3 aromatic rings. The van der Waals surface area contributed by atoms with Crippen molar-refractivity contribution < 1.29 is 13.9 Å². The molecule has 0 amide bonds. The average Bonchev–Trinajstić information content (AvgIpc) is 3.24. The topological polar surface area (TPSA) is 99.2 Å². The Morgan fingerprint density at radius 3 is 2.68 bits per heavy atom. The van der Waals surface area contributed by atoms with Gasteiger partial charge in [0.1, 0.15) is 5.82 Å². The first-order valence-electron chi connectivity index (χ1n) is 6.66. The Bertz CT molecular complexity index is 752. The van der Waals surface area contributed by atoms with Gasteiger partial charge in [-0.1, -0.05) is 6.07 Å². The number of benzene rings is 1. The first-order valence-corrected chi connectivity index (χ1v) is 6.66. The quantitative estimate of drug-likeness (QED) is 0.749. The van der Waals surface area contributed by atoms with E-state index in [0.717, 1.165) is 5.56 Å². The third-order valence-electron chi connectivity index (χ3n) is 3.31. The predicted octanol–water partition coefficient (Wildman–Crippen LogP) is 2.13. The van der Waals surface area contributed by atoms with Crippen LogP contribution in [0.5, 0.6) is 11.5 Å². The van der Waals surface area contributed by atoms with E-state index in [2.05, 4.69) is 15.2 Å². The van der Waals surface area contributed by atoms with Gasteiger partial charge in [-0.2, -0.15) is 0 Å². The van der Waals surface area contributed by atoms with Crippen LogP contribution in [0.15, 0.2) is 41.0 Å². The molecule has 2 heterocycles. The van der Waals surface area contributed by atoms with E-state index in [9.17, 15) is 0 Å². The highest BCUT2D eigenvalue weighted by molar-refractivity contribution is 5.47. The molecular weight excluding hydrogens is 284 g/mol. The summed E-state index contributed by atoms with van der Waals surface area (Å²) < 4.78 is 15.8. The van der Waals surface area contributed by atoms with Gasteiger partial charge in [-0.05, 0) is 29.8 Å². The van der Waals surface area contributed by atoms with Crippen molar-refractivity contribution in [2.75, 3.05) is 14.2 Å². The molecule has 7 nitrogen and oxygen atoms in total. The maximum Gasteiger partial charge on any atom is 0.216 e. The molecule has 1 atom stereocenters. The Kier molecular flexibility index (Phi) is 3.80. The van der Waals surface area contributed by atoms with Crippen molar-refractivity contribution in [3.8, 4) is 23.1 Å². The van der Waals surface area contributed by atoms with Crippen molar-refractivity contribution in [1.29, 1.82) is 0 Å². The van der Waals surface area contributed by atoms with Crippen LogP contribution in [0, 0.1) is 0 Å². The number of hydrogen-bond donors (Lipinski definition) is 2. The van der Waals surface area contributed by atoms with Gasteiger partial charge in [-0.15, -0.1) is 5.10 Å². The van der Waals surface area contributed by atoms with Gasteiger partial charge in [0.25, 0.3) is 0 Å². The van der Waals surface area contributed by atoms with Crippen molar-refractivity contribution >= 4 is 0 Å². The smallest absolute Gasteiger partial charge is 0.216 e. The van der Waals surface area contributed by atoms with Crippen LogP contribution in [0.1, 0.15) is 17.4 Å². The van der Waals surface area contributed by atoms with Gasteiger partial charge >= 0.3 is 0 Å². The maximum absolute atomic E-state index is 6.24. The fraction of sp³-hybridized carbons (Fsp3) is 0.200. The summed E-state index contributed by atoms with van der Waals surface area (Å²) in [5.41, 5.74) is 7.07. The number of H-pyrrole nitrogens is 1. The third-order valence-corrected chi connectivity index (χ3v) is 3.31. The minimum Gasteiger partial charge on any atom is -0.493 e. The number of aromatic nitrogens is 3. The van der Waals surface area contributed by atoms with Gasteiger partial charge in [0.05, 0.1) is 26.5 Å². The molecule has 0 unspecified atom stereocenters. The highest BCUT2D eigenvalue weighted by Gasteiger charge is 2.17. The molecule has 114 valence electrons. The molecule has 0 bridgehead atoms. The first-order chi connectivity index (χ1) is 10.7. The number of rotatable bonds is 5. The lowest BCUT2D eigenvalue weighted by atomic mass is 10.1. The summed E-state index contributed by atoms with van der Waals surface area (Å²) in [7, 11) is 3.17. The summed E-state index contributed by atoms with van der Waals surface area (Å²) in [6, 6.07) is 8.59. The maximum atomic E-state index is 6.24. The van der Waals surface area contributed by atoms with Crippen molar-refractivity contribution in [2.45, 2.75) is 6.04 Å². The van der Waals surface area contributed by atoms with Gasteiger partial charge < -0.3 is 19.6 Å². The van der Waals surface area contributed by atoms with Crippen molar-refractivity contribution in [2.24, 2.45) is 5.73 Å². The minimum absolute atomic E-state index is 0.462. The van der Waals surface area contributed by atoms with Crippen LogP contribution < -0.4 is 15.2 Å². The van der Waals surface area contributed by atoms with Gasteiger partial charge in [0.15, 0.2) is 17.3 Å². The summed E-state index contributed by atoms with van der Waals surface area (Å²) in [6.45, 7) is 0. The highest BCUT2D eigenvalue weighted by Crippen LogP contribution is 2.30. The Morgan fingerprint density at radius 2 is 2.00 bits per heavy atom. The molecule has 0 aliphatic rings. The molecule has 0 aliphatic heterocycles. The number of ether oxygens (including phenoxy) is 2. The van der Waals surface area contributed by atoms with E-state index in [0.29, 0.717) is 28.9 Å². The van der Waals surface area contributed by atoms with E-state index in [1.54, 1.807) is 38.7 Å². The molecule has 0 spiro atoms. The Morgan fingerprint density at radius 1 is 1.18 bits per heavy atom. The molecule has 3 rings (SSSR count). The fourth-order valence-electron chi connectivity index (χ4n) is 2.13. The summed E-state index contributed by atoms with van der Waals surface area (Å²) in [5, 5.41) is 6.96. The largest absolute Gasteiger partial charge is 0.493 e. The van der Waals surface area contributed by atoms with Crippen LogP contribution in [0.3, 0.4) is 0 Å². The zero-order valence-electron chi connectivity index (χ0n) is 12.2. The normalized spacial score (nSPS) is 12.1. The molecule has 2 aromatic heterocycles. The van der Waals surface area contributed by atoms with Gasteiger partial charge in [-0.3, -0.25) is 5.10 Å². The van der Waals surface area contributed by atoms with Crippen molar-refractivity contribution in [3.05, 3.63) is 48.0 Å². The number of aromatic amines is 1. The van der Waals surface area contributed by atoms with Crippen molar-refractivity contribution in [3.63, 3.8) is 0 Å². The number of methoxy groups -OCH3 is 2. The van der Waals surface area contributed by atoms with E-state index in [4.69, 9.17) is 19.6 Å². The third kappa shape index (κ3) is 2.53. The molecule has 0 fully saturated rings. The van der Waals surface area contributed by atoms with E-state index in [1.807, 2.05) is 12.1 Å². The molecule has 0 saturated heterocycles. The van der Waals surface area contributed by atoms with Crippen molar-refractivity contribution in [1.82, 2.24) is 15.2 Å². The molecule has 0 radical (unpaired) electrons. The summed E-state index contributed by atoms with van der Waals surface area (Å²) in [4.78, 5) is 4.37. The zero-order valence-corrected chi connectivity index (χ0v) is 12.2. The molecule has 3 N–H and O–H groups in total. The molecule has 0 saturated carbocycles. The van der Waals surface area contributed by atoms with E-state index >= 15 is 0 Å². The Hall–Kier alpha value is -2.80. The van der Waals surface area contributed by atoms with Crippen LogP contribution in [-0.2, 0) is 0 Å². The number of nitrogens with zero attached hydrogens (tertiary/aromatic N) is 2. The van der Waals surface area contributed by atoms with Crippen LogP contribution in [0.25, 0.3) is 11.6 Å². The number of nitrogens with one attached hydrogen (secondary N) is 1. The monoisotopic (exact) mass is 300 g/mol. The average molecular weight is 300 g/mol. The highest BCUT2D eigenvalue weighted by atomic mass is 16.5. The Balaban J connectivity index is 1.89. The second kappa shape index (κ2) is 5.90. The number of furan rings is 1. The summed E-state index contributed by atoms with van der Waals surface area (Å²) in [5.74, 6) is 2.85. The minimum atomic E-state index is -0.462. The lowest BCUT2D eigenvalue weighted by molar-refractivity contribution is 0.354. The molecular formula is C15H16N4O3. The van der Waals surface area contributed by atoms with Crippen LogP contribution in [-0.4, -0.2) is 29.4 Å². The SMILES string of the molecule is COc1ccc([C@@H](N)c2nc(-c3ccco3)n[nH]2)cc1OC. The van der Waals surface area contributed by atoms with Crippen LogP contribution in [0.4, 0.5) is 0 Å². The molecule has 0 aliphatic carbocycles. The number of nitrogens with two attached hydrogens (primary N) is 1. The lowest BCUT2D eigenvalue weighted by Gasteiger charge is -2.12. The van der Waals surface area contributed by atoms with Gasteiger partial charge in [0.2, 0.25) is 5.82 Å². The molecule has 22 heavy (non-hydrogen) atoms. The Labute approximate surface area is 127 Å². The zero-order chi connectivity index (χ0) is 15.5. The second-order valence-electron chi connectivity index (χ2n) is 4.61. The van der Waals surface area contributed by atoms with Crippen LogP contribution in [0.2, 0.25) is 0 Å². The van der Waals surface area contributed by atoms with E-state index < -0.39 is 6.04 Å². The standard InChI is InChI=1S/C15H16N4O3/c1-20-10-6-5-9(8-12(10)21-2)13(16)15-17-14(18-19-15)11-4-3-7-22-11/h3-8,13H,16H2,1-2H3,(H,17,18,19)/t13-/m1/s1.